The van der Waals surface area contributed by atoms with E-state index < -0.39 is 17.1 Å². The van der Waals surface area contributed by atoms with Gasteiger partial charge in [-0.25, -0.2) is 0 Å². The first kappa shape index (κ1) is 14.9. The number of hydrogen-bond acceptors (Lipinski definition) is 5. The van der Waals surface area contributed by atoms with Gasteiger partial charge in [0.05, 0.1) is 5.41 Å². The largest absolute Gasteiger partial charge is 0.348 e. The van der Waals surface area contributed by atoms with E-state index >= 15 is 0 Å². The molecule has 1 heterocycles. The second-order valence-electron chi connectivity index (χ2n) is 8.78. The van der Waals surface area contributed by atoms with Gasteiger partial charge in [-0.3, -0.25) is 14.4 Å². The summed E-state index contributed by atoms with van der Waals surface area (Å²) < 4.78 is 5.70. The number of ether oxygens (including phenoxy) is 1. The molecule has 5 nitrogen and oxygen atoms in total. The predicted octanol–water partition coefficient (Wildman–Crippen LogP) is 1.66. The molecule has 1 aliphatic heterocycles. The highest BCUT2D eigenvalue weighted by Crippen LogP contribution is 2.70. The van der Waals surface area contributed by atoms with Crippen LogP contribution in [0.5, 0.6) is 0 Å². The van der Waals surface area contributed by atoms with E-state index in [9.17, 15) is 19.2 Å². The zero-order valence-electron chi connectivity index (χ0n) is 13.9. The molecule has 0 aromatic carbocycles. The van der Waals surface area contributed by atoms with Gasteiger partial charge in [-0.15, -0.1) is 0 Å². The predicted molar refractivity (Wildman–Crippen MR) is 82.0 cm³/mol. The lowest BCUT2D eigenvalue weighted by Crippen LogP contribution is -2.64. The molecule has 5 aliphatic rings. The summed E-state index contributed by atoms with van der Waals surface area (Å²) in [5, 5.41) is 0. The van der Waals surface area contributed by atoms with Crippen molar-refractivity contribution in [2.75, 3.05) is 0 Å². The Morgan fingerprint density at radius 2 is 1.83 bits per heavy atom. The smallest absolute Gasteiger partial charge is 0.173 e. The fourth-order valence-corrected chi connectivity index (χ4v) is 6.96. The second kappa shape index (κ2) is 4.24. The van der Waals surface area contributed by atoms with Gasteiger partial charge in [0.2, 0.25) is 0 Å². The van der Waals surface area contributed by atoms with Gasteiger partial charge in [0.15, 0.2) is 23.3 Å². The maximum absolute atomic E-state index is 13.0. The molecular formula is C19H22O5. The fraction of sp³-hybridized carbons (Fsp3) is 0.789. The van der Waals surface area contributed by atoms with E-state index in [4.69, 9.17) is 4.74 Å². The van der Waals surface area contributed by atoms with Crippen LogP contribution in [0.4, 0.5) is 0 Å². The van der Waals surface area contributed by atoms with Crippen LogP contribution >= 0.6 is 0 Å². The van der Waals surface area contributed by atoms with Crippen LogP contribution in [0, 0.1) is 28.6 Å². The SMILES string of the molecule is C[C@]12CC[C@H]3[C@@H](CC(=O)[C@]45O[C@H]4C(=O)CC[C@]35C=O)[C@@H]1CCC2=O. The normalized spacial score (nSPS) is 55.3. The Bertz CT molecular complexity index is 698. The Kier molecular flexibility index (Phi) is 2.64. The average Bonchev–Trinajstić information content (AvgIpc) is 3.26. The van der Waals surface area contributed by atoms with Crippen LogP contribution in [0.15, 0.2) is 0 Å². The first-order valence-corrected chi connectivity index (χ1v) is 9.14. The van der Waals surface area contributed by atoms with Gasteiger partial charge in [-0.1, -0.05) is 6.92 Å². The molecule has 24 heavy (non-hydrogen) atoms. The quantitative estimate of drug-likeness (QED) is 0.539. The minimum absolute atomic E-state index is 0.0315. The molecule has 0 aromatic heterocycles. The standard InChI is InChI=1S/C19H22O5/c1-17-6-4-12-10(11(17)2-3-14(17)22)8-15(23)19-16(24-19)13(21)5-7-18(12,19)9-20/h9-12,16H,2-8H2,1H3/t10-,11-,12-,16-,17-,18-,19-/m0/s1. The molecule has 128 valence electrons. The highest BCUT2D eigenvalue weighted by molar-refractivity contribution is 6.06. The molecule has 0 unspecified atom stereocenters. The van der Waals surface area contributed by atoms with Gasteiger partial charge in [-0.2, -0.15) is 0 Å². The van der Waals surface area contributed by atoms with Crippen molar-refractivity contribution in [3.8, 4) is 0 Å². The van der Waals surface area contributed by atoms with Gasteiger partial charge in [-0.05, 0) is 43.4 Å². The third kappa shape index (κ3) is 1.36. The number of carbonyl (C=O) groups excluding carboxylic acids is 4. The number of Topliss-reactive ketones (excluding diaryl/α,β-unsaturated/α-hetero) is 3. The zero-order chi connectivity index (χ0) is 16.9. The van der Waals surface area contributed by atoms with Gasteiger partial charge in [0.1, 0.15) is 12.1 Å². The van der Waals surface area contributed by atoms with E-state index in [0.717, 1.165) is 25.5 Å². The molecule has 1 spiro atoms. The Labute approximate surface area is 140 Å². The molecule has 5 rings (SSSR count). The molecule has 0 radical (unpaired) electrons. The van der Waals surface area contributed by atoms with Crippen LogP contribution in [0.3, 0.4) is 0 Å². The molecule has 4 saturated carbocycles. The van der Waals surface area contributed by atoms with Crippen molar-refractivity contribution >= 4 is 23.6 Å². The van der Waals surface area contributed by atoms with Gasteiger partial charge >= 0.3 is 0 Å². The number of ketones is 3. The molecule has 5 heteroatoms. The number of hydrogen-bond donors (Lipinski definition) is 0. The van der Waals surface area contributed by atoms with E-state index in [1.165, 1.54) is 0 Å². The Hall–Kier alpha value is -1.36. The maximum Gasteiger partial charge on any atom is 0.173 e. The van der Waals surface area contributed by atoms with E-state index in [-0.39, 0.29) is 34.7 Å². The van der Waals surface area contributed by atoms with E-state index in [0.29, 0.717) is 31.5 Å². The fourth-order valence-electron chi connectivity index (χ4n) is 6.96. The van der Waals surface area contributed by atoms with Crippen molar-refractivity contribution in [3.63, 3.8) is 0 Å². The van der Waals surface area contributed by atoms with E-state index in [2.05, 4.69) is 0 Å². The highest BCUT2D eigenvalue weighted by Gasteiger charge is 2.82. The van der Waals surface area contributed by atoms with Crippen LogP contribution < -0.4 is 0 Å². The molecule has 0 N–H and O–H groups in total. The summed E-state index contributed by atoms with van der Waals surface area (Å²) in [7, 11) is 0. The monoisotopic (exact) mass is 330 g/mol. The topological polar surface area (TPSA) is 80.8 Å². The van der Waals surface area contributed by atoms with Crippen LogP contribution in [-0.4, -0.2) is 35.3 Å². The number of fused-ring (bicyclic) bond motifs is 4. The van der Waals surface area contributed by atoms with Crippen LogP contribution in [0.2, 0.25) is 0 Å². The third-order valence-corrected chi connectivity index (χ3v) is 8.24. The molecule has 0 aromatic rings. The summed E-state index contributed by atoms with van der Waals surface area (Å²) in [4.78, 5) is 49.8. The van der Waals surface area contributed by atoms with Gasteiger partial charge in [0, 0.05) is 24.7 Å². The first-order chi connectivity index (χ1) is 11.4. The molecule has 7 atom stereocenters. The van der Waals surface area contributed by atoms with Crippen molar-refractivity contribution in [2.24, 2.45) is 28.6 Å². The summed E-state index contributed by atoms with van der Waals surface area (Å²) >= 11 is 0. The summed E-state index contributed by atoms with van der Waals surface area (Å²) in [6, 6.07) is 0. The minimum atomic E-state index is -1.17. The number of epoxide rings is 1. The van der Waals surface area contributed by atoms with Crippen molar-refractivity contribution in [2.45, 2.75) is 63.6 Å². The lowest BCUT2D eigenvalue weighted by molar-refractivity contribution is -0.163. The zero-order valence-corrected chi connectivity index (χ0v) is 13.9. The summed E-state index contributed by atoms with van der Waals surface area (Å²) in [5.74, 6) is 0.551. The number of rotatable bonds is 1. The molecule has 1 saturated heterocycles. The molecule has 5 fully saturated rings. The Balaban J connectivity index is 1.61. The lowest BCUT2D eigenvalue weighted by atomic mass is 9.44. The van der Waals surface area contributed by atoms with Crippen molar-refractivity contribution < 1.29 is 23.9 Å². The summed E-state index contributed by atoms with van der Waals surface area (Å²) in [6.45, 7) is 2.05. The highest BCUT2D eigenvalue weighted by atomic mass is 16.6. The van der Waals surface area contributed by atoms with E-state index in [1.807, 2.05) is 6.92 Å². The van der Waals surface area contributed by atoms with Crippen molar-refractivity contribution in [1.29, 1.82) is 0 Å². The summed E-state index contributed by atoms with van der Waals surface area (Å²) in [5.41, 5.74) is -2.34. The van der Waals surface area contributed by atoms with Crippen molar-refractivity contribution in [1.82, 2.24) is 0 Å². The molecular weight excluding hydrogens is 308 g/mol. The molecule has 0 amide bonds. The summed E-state index contributed by atoms with van der Waals surface area (Å²) in [6.07, 6.45) is 4.34. The van der Waals surface area contributed by atoms with Crippen molar-refractivity contribution in [3.05, 3.63) is 0 Å². The molecule has 0 bridgehead atoms. The lowest BCUT2D eigenvalue weighted by Gasteiger charge is -2.56. The number of carbonyl (C=O) groups is 4. The molecule has 4 aliphatic carbocycles. The van der Waals surface area contributed by atoms with E-state index in [1.54, 1.807) is 0 Å². The first-order valence-electron chi connectivity index (χ1n) is 9.14. The maximum atomic E-state index is 13.0. The van der Waals surface area contributed by atoms with Crippen LogP contribution in [-0.2, 0) is 23.9 Å². The Morgan fingerprint density at radius 3 is 2.58 bits per heavy atom. The van der Waals surface area contributed by atoms with Gasteiger partial charge < -0.3 is 9.53 Å². The van der Waals surface area contributed by atoms with Gasteiger partial charge in [0.25, 0.3) is 0 Å². The van der Waals surface area contributed by atoms with Crippen LogP contribution in [0.25, 0.3) is 0 Å². The second-order valence-corrected chi connectivity index (χ2v) is 8.78. The Morgan fingerprint density at radius 1 is 1.04 bits per heavy atom. The minimum Gasteiger partial charge on any atom is -0.348 e. The average molecular weight is 330 g/mol. The van der Waals surface area contributed by atoms with Crippen LogP contribution in [0.1, 0.15) is 51.9 Å². The number of aldehydes is 1. The third-order valence-electron chi connectivity index (χ3n) is 8.24.